The van der Waals surface area contributed by atoms with Crippen molar-refractivity contribution in [3.63, 3.8) is 0 Å². The Kier molecular flexibility index (Phi) is 5.69. The van der Waals surface area contributed by atoms with E-state index in [-0.39, 0.29) is 17.9 Å². The molecule has 1 amide bonds. The van der Waals surface area contributed by atoms with Gasteiger partial charge in [-0.05, 0) is 49.7 Å². The zero-order chi connectivity index (χ0) is 24.5. The number of hydrogen-bond acceptors (Lipinski definition) is 6. The van der Waals surface area contributed by atoms with Gasteiger partial charge in [-0.25, -0.2) is 18.7 Å². The van der Waals surface area contributed by atoms with E-state index in [1.807, 2.05) is 31.2 Å². The standard InChI is InChI=1S/C25H20F2N6O2/c1-14-10-21(35-13-16-17(26)6-5-7-18(16)27)24-29-15(2)23(33(24)12-14)25(34)32-31-22-11-28-19-8-3-4-9-20(19)30-22/h3-12H,13H2,1-2H3,(H,30,31)(H,32,34). The Labute approximate surface area is 198 Å². The summed E-state index contributed by atoms with van der Waals surface area (Å²) in [6, 6.07) is 12.7. The summed E-state index contributed by atoms with van der Waals surface area (Å²) in [5.41, 5.74) is 8.46. The third kappa shape index (κ3) is 4.33. The van der Waals surface area contributed by atoms with E-state index in [9.17, 15) is 13.6 Å². The first kappa shape index (κ1) is 22.2. The van der Waals surface area contributed by atoms with Crippen LogP contribution in [0.15, 0.2) is 60.9 Å². The fourth-order valence-corrected chi connectivity index (χ4v) is 3.76. The summed E-state index contributed by atoms with van der Waals surface area (Å²) in [4.78, 5) is 26.2. The smallest absolute Gasteiger partial charge is 0.288 e. The molecule has 3 aromatic heterocycles. The number of anilines is 1. The predicted octanol–water partition coefficient (Wildman–Crippen LogP) is 4.51. The molecule has 0 atom stereocenters. The Bertz CT molecular complexity index is 1560. The second kappa shape index (κ2) is 8.98. The van der Waals surface area contributed by atoms with E-state index >= 15 is 0 Å². The summed E-state index contributed by atoms with van der Waals surface area (Å²) in [7, 11) is 0. The number of hydrazine groups is 1. The number of pyridine rings is 1. The summed E-state index contributed by atoms with van der Waals surface area (Å²) in [5.74, 6) is -1.19. The molecular weight excluding hydrogens is 454 g/mol. The number of hydrogen-bond donors (Lipinski definition) is 2. The number of benzene rings is 2. The molecule has 0 unspecified atom stereocenters. The lowest BCUT2D eigenvalue weighted by atomic mass is 10.2. The normalized spacial score (nSPS) is 11.1. The van der Waals surface area contributed by atoms with Crippen LogP contribution in [-0.4, -0.2) is 25.3 Å². The van der Waals surface area contributed by atoms with Gasteiger partial charge < -0.3 is 4.74 Å². The molecule has 10 heteroatoms. The first-order valence-corrected chi connectivity index (χ1v) is 10.7. The summed E-state index contributed by atoms with van der Waals surface area (Å²) in [5, 5.41) is 0. The molecule has 0 radical (unpaired) electrons. The van der Waals surface area contributed by atoms with Crippen LogP contribution in [0.2, 0.25) is 0 Å². The molecule has 3 heterocycles. The molecule has 0 aliphatic heterocycles. The van der Waals surface area contributed by atoms with Gasteiger partial charge >= 0.3 is 0 Å². The second-order valence-electron chi connectivity index (χ2n) is 7.93. The van der Waals surface area contributed by atoms with E-state index in [2.05, 4.69) is 25.8 Å². The van der Waals surface area contributed by atoms with Gasteiger partial charge in [0.2, 0.25) is 0 Å². The minimum Gasteiger partial charge on any atom is -0.485 e. The topological polar surface area (TPSA) is 93.4 Å². The molecule has 8 nitrogen and oxygen atoms in total. The SMILES string of the molecule is Cc1cc(OCc2c(F)cccc2F)c2nc(C)c(C(=O)NNc3cnc4ccccc4n3)n2c1. The fourth-order valence-electron chi connectivity index (χ4n) is 3.76. The van der Waals surface area contributed by atoms with Crippen LogP contribution in [0.4, 0.5) is 14.6 Å². The first-order chi connectivity index (χ1) is 16.9. The molecule has 0 fully saturated rings. The number of nitrogens with one attached hydrogen (secondary N) is 2. The van der Waals surface area contributed by atoms with Gasteiger partial charge in [0.05, 0.1) is 28.5 Å². The van der Waals surface area contributed by atoms with Crippen LogP contribution in [0.1, 0.15) is 27.3 Å². The van der Waals surface area contributed by atoms with E-state index in [4.69, 9.17) is 4.74 Å². The predicted molar refractivity (Wildman–Crippen MR) is 126 cm³/mol. The largest absolute Gasteiger partial charge is 0.485 e. The third-order valence-electron chi connectivity index (χ3n) is 5.40. The van der Waals surface area contributed by atoms with Gasteiger partial charge in [-0.2, -0.15) is 0 Å². The van der Waals surface area contributed by atoms with Crippen molar-refractivity contribution in [1.82, 2.24) is 24.8 Å². The fraction of sp³-hybridized carbons (Fsp3) is 0.120. The van der Waals surface area contributed by atoms with Crippen LogP contribution in [-0.2, 0) is 6.61 Å². The number of para-hydroxylation sites is 2. The van der Waals surface area contributed by atoms with Gasteiger partial charge in [-0.3, -0.25) is 25.0 Å². The van der Waals surface area contributed by atoms with Crippen LogP contribution in [0, 0.1) is 25.5 Å². The number of carbonyl (C=O) groups is 1. The number of nitrogens with zero attached hydrogens (tertiary/aromatic N) is 4. The van der Waals surface area contributed by atoms with Crippen LogP contribution in [0.3, 0.4) is 0 Å². The lowest BCUT2D eigenvalue weighted by Crippen LogP contribution is -2.31. The lowest BCUT2D eigenvalue weighted by Gasteiger charge is -2.12. The monoisotopic (exact) mass is 474 g/mol. The molecule has 0 bridgehead atoms. The molecule has 0 saturated heterocycles. The van der Waals surface area contributed by atoms with Crippen molar-refractivity contribution in [2.45, 2.75) is 20.5 Å². The Morgan fingerprint density at radius 1 is 1.03 bits per heavy atom. The van der Waals surface area contributed by atoms with E-state index in [1.54, 1.807) is 23.6 Å². The number of rotatable bonds is 6. The number of halogens is 2. The average molecular weight is 474 g/mol. The van der Waals surface area contributed by atoms with Gasteiger partial charge in [0.25, 0.3) is 5.91 Å². The van der Waals surface area contributed by atoms with Crippen molar-refractivity contribution in [3.05, 3.63) is 95.1 Å². The molecule has 5 aromatic rings. The molecular formula is C25H20F2N6O2. The molecule has 0 aliphatic rings. The Morgan fingerprint density at radius 3 is 2.54 bits per heavy atom. The molecule has 0 saturated carbocycles. The number of imidazole rings is 1. The molecule has 0 aliphatic carbocycles. The van der Waals surface area contributed by atoms with Crippen LogP contribution >= 0.6 is 0 Å². The van der Waals surface area contributed by atoms with Gasteiger partial charge in [-0.15, -0.1) is 0 Å². The van der Waals surface area contributed by atoms with Crippen molar-refractivity contribution in [1.29, 1.82) is 0 Å². The van der Waals surface area contributed by atoms with Crippen molar-refractivity contribution in [2.75, 3.05) is 5.43 Å². The highest BCUT2D eigenvalue weighted by Gasteiger charge is 2.20. The maximum absolute atomic E-state index is 14.0. The molecule has 35 heavy (non-hydrogen) atoms. The van der Waals surface area contributed by atoms with Gasteiger partial charge in [0.15, 0.2) is 17.2 Å². The average Bonchev–Trinajstić information content (AvgIpc) is 3.17. The number of aromatic nitrogens is 4. The van der Waals surface area contributed by atoms with Gasteiger partial charge in [0, 0.05) is 6.20 Å². The minimum atomic E-state index is -0.698. The van der Waals surface area contributed by atoms with Crippen molar-refractivity contribution in [3.8, 4) is 5.75 Å². The van der Waals surface area contributed by atoms with Gasteiger partial charge in [0.1, 0.15) is 23.9 Å². The first-order valence-electron chi connectivity index (χ1n) is 10.7. The zero-order valence-electron chi connectivity index (χ0n) is 18.8. The Hall–Kier alpha value is -4.60. The zero-order valence-corrected chi connectivity index (χ0v) is 18.8. The highest BCUT2D eigenvalue weighted by molar-refractivity contribution is 5.95. The molecule has 2 N–H and O–H groups in total. The summed E-state index contributed by atoms with van der Waals surface area (Å²) < 4.78 is 35.4. The molecule has 176 valence electrons. The van der Waals surface area contributed by atoms with Crippen LogP contribution < -0.4 is 15.6 Å². The van der Waals surface area contributed by atoms with Crippen molar-refractivity contribution >= 4 is 28.4 Å². The molecule has 5 rings (SSSR count). The number of fused-ring (bicyclic) bond motifs is 2. The number of carbonyl (C=O) groups excluding carboxylic acids is 1. The van der Waals surface area contributed by atoms with E-state index < -0.39 is 17.5 Å². The number of amides is 1. The van der Waals surface area contributed by atoms with Crippen LogP contribution in [0.5, 0.6) is 5.75 Å². The number of ether oxygens (including phenoxy) is 1. The van der Waals surface area contributed by atoms with E-state index in [0.29, 0.717) is 28.4 Å². The second-order valence-corrected chi connectivity index (χ2v) is 7.93. The van der Waals surface area contributed by atoms with Crippen LogP contribution in [0.25, 0.3) is 16.7 Å². The minimum absolute atomic E-state index is 0.186. The molecule has 0 spiro atoms. The Morgan fingerprint density at radius 2 is 1.77 bits per heavy atom. The number of aryl methyl sites for hydroxylation is 2. The summed E-state index contributed by atoms with van der Waals surface area (Å²) >= 11 is 0. The van der Waals surface area contributed by atoms with E-state index in [0.717, 1.165) is 11.1 Å². The summed E-state index contributed by atoms with van der Waals surface area (Å²) in [6.07, 6.45) is 3.25. The highest BCUT2D eigenvalue weighted by Crippen LogP contribution is 2.26. The van der Waals surface area contributed by atoms with Gasteiger partial charge in [-0.1, -0.05) is 18.2 Å². The molecule has 2 aromatic carbocycles. The van der Waals surface area contributed by atoms with E-state index in [1.165, 1.54) is 24.4 Å². The van der Waals surface area contributed by atoms with Crippen molar-refractivity contribution in [2.24, 2.45) is 0 Å². The Balaban J connectivity index is 1.40. The quantitative estimate of drug-likeness (QED) is 0.352. The maximum atomic E-state index is 14.0. The lowest BCUT2D eigenvalue weighted by molar-refractivity contribution is 0.0956. The maximum Gasteiger partial charge on any atom is 0.288 e. The summed E-state index contributed by atoms with van der Waals surface area (Å²) in [6.45, 7) is 3.18. The van der Waals surface area contributed by atoms with Crippen molar-refractivity contribution < 1.29 is 18.3 Å². The third-order valence-corrected chi connectivity index (χ3v) is 5.40. The highest BCUT2D eigenvalue weighted by atomic mass is 19.1.